The van der Waals surface area contributed by atoms with Crippen molar-refractivity contribution in [2.24, 2.45) is 0 Å². The fraction of sp³-hybridized carbons (Fsp3) is 0.692. The number of nitrogens with zero attached hydrogens (tertiary/aromatic N) is 3. The average Bonchev–Trinajstić information content (AvgIpc) is 2.39. The maximum atomic E-state index is 12.4. The molecular formula is C13H21N3O2S. The van der Waals surface area contributed by atoms with Crippen LogP contribution in [0.4, 0.5) is 5.82 Å². The Kier molecular flexibility index (Phi) is 3.80. The molecule has 0 N–H and O–H groups in total. The molecule has 0 aliphatic carbocycles. The quantitative estimate of drug-likeness (QED) is 0.842. The first kappa shape index (κ1) is 14.2. The summed E-state index contributed by atoms with van der Waals surface area (Å²) in [6.07, 6.45) is 2.83. The van der Waals surface area contributed by atoms with E-state index < -0.39 is 14.6 Å². The van der Waals surface area contributed by atoms with Crippen LogP contribution in [0, 0.1) is 6.92 Å². The number of hydrogen-bond donors (Lipinski definition) is 0. The largest absolute Gasteiger partial charge is 0.354 e. The van der Waals surface area contributed by atoms with Crippen LogP contribution in [-0.2, 0) is 9.84 Å². The third kappa shape index (κ3) is 2.45. The molecule has 1 saturated heterocycles. The molecule has 106 valence electrons. The summed E-state index contributed by atoms with van der Waals surface area (Å²) in [5.74, 6) is 1.03. The maximum absolute atomic E-state index is 12.4. The Morgan fingerprint density at radius 3 is 2.58 bits per heavy atom. The molecule has 0 saturated carbocycles. The van der Waals surface area contributed by atoms with E-state index in [-0.39, 0.29) is 5.75 Å². The van der Waals surface area contributed by atoms with Crippen molar-refractivity contribution >= 4 is 15.7 Å². The van der Waals surface area contributed by atoms with Gasteiger partial charge in [0.15, 0.2) is 9.84 Å². The van der Waals surface area contributed by atoms with Crippen molar-refractivity contribution in [1.29, 1.82) is 0 Å². The van der Waals surface area contributed by atoms with Gasteiger partial charge in [-0.25, -0.2) is 18.4 Å². The molecular weight excluding hydrogens is 262 g/mol. The summed E-state index contributed by atoms with van der Waals surface area (Å²) in [5, 5.41) is 0. The molecule has 0 bridgehead atoms. The van der Waals surface area contributed by atoms with E-state index in [1.165, 1.54) is 6.33 Å². The summed E-state index contributed by atoms with van der Waals surface area (Å²) in [6.45, 7) is 6.86. The number of rotatable bonds is 3. The normalized spacial score (nSPS) is 21.3. The van der Waals surface area contributed by atoms with Crippen molar-refractivity contribution in [1.82, 2.24) is 9.97 Å². The Hall–Kier alpha value is -1.17. The third-order valence-corrected chi connectivity index (χ3v) is 6.92. The number of aromatic nitrogens is 2. The van der Waals surface area contributed by atoms with Crippen LogP contribution < -0.4 is 4.90 Å². The predicted molar refractivity (Wildman–Crippen MR) is 76.1 cm³/mol. The zero-order valence-corrected chi connectivity index (χ0v) is 12.6. The van der Waals surface area contributed by atoms with Crippen LogP contribution in [0.3, 0.4) is 0 Å². The van der Waals surface area contributed by atoms with Gasteiger partial charge >= 0.3 is 0 Å². The predicted octanol–water partition coefficient (Wildman–Crippen LogP) is 1.58. The number of aryl methyl sites for hydroxylation is 1. The number of anilines is 1. The summed E-state index contributed by atoms with van der Waals surface area (Å²) in [7, 11) is -3.02. The van der Waals surface area contributed by atoms with Crippen LogP contribution in [0.15, 0.2) is 12.4 Å². The Bertz CT molecular complexity index is 553. The monoisotopic (exact) mass is 283 g/mol. The van der Waals surface area contributed by atoms with Crippen molar-refractivity contribution < 1.29 is 8.42 Å². The molecule has 1 fully saturated rings. The first-order valence-corrected chi connectivity index (χ1v) is 8.35. The molecule has 0 unspecified atom stereocenters. The Morgan fingerprint density at radius 2 is 2.00 bits per heavy atom. The van der Waals surface area contributed by atoms with E-state index in [0.717, 1.165) is 11.5 Å². The van der Waals surface area contributed by atoms with Gasteiger partial charge in [-0.15, -0.1) is 0 Å². The van der Waals surface area contributed by atoms with Crippen molar-refractivity contribution in [3.05, 3.63) is 18.1 Å². The zero-order chi connectivity index (χ0) is 14.1. The van der Waals surface area contributed by atoms with Crippen molar-refractivity contribution in [3.8, 4) is 0 Å². The Morgan fingerprint density at radius 1 is 1.32 bits per heavy atom. The highest BCUT2D eigenvalue weighted by Crippen LogP contribution is 2.33. The van der Waals surface area contributed by atoms with Crippen LogP contribution in [-0.4, -0.2) is 42.0 Å². The summed E-state index contributed by atoms with van der Waals surface area (Å²) < 4.78 is 24.1. The molecule has 5 nitrogen and oxygen atoms in total. The molecule has 0 atom stereocenters. The molecule has 0 radical (unpaired) electrons. The second-order valence-electron chi connectivity index (χ2n) is 5.15. The van der Waals surface area contributed by atoms with Gasteiger partial charge in [0.05, 0.1) is 10.5 Å². The fourth-order valence-electron chi connectivity index (χ4n) is 2.69. The Labute approximate surface area is 115 Å². The second kappa shape index (κ2) is 5.07. The van der Waals surface area contributed by atoms with Crippen molar-refractivity contribution in [2.45, 2.75) is 38.4 Å². The van der Waals surface area contributed by atoms with Gasteiger partial charge < -0.3 is 4.90 Å². The molecule has 1 aliphatic heterocycles. The average molecular weight is 283 g/mol. The fourth-order valence-corrected chi connectivity index (χ4v) is 4.82. The molecule has 0 aromatic carbocycles. The van der Waals surface area contributed by atoms with Gasteiger partial charge in [0, 0.05) is 24.8 Å². The van der Waals surface area contributed by atoms with E-state index in [9.17, 15) is 8.42 Å². The number of hydrogen-bond acceptors (Lipinski definition) is 5. The van der Waals surface area contributed by atoms with E-state index in [0.29, 0.717) is 25.9 Å². The molecule has 19 heavy (non-hydrogen) atoms. The van der Waals surface area contributed by atoms with E-state index in [4.69, 9.17) is 0 Å². The van der Waals surface area contributed by atoms with Crippen molar-refractivity contribution in [2.75, 3.05) is 23.7 Å². The molecule has 2 heterocycles. The van der Waals surface area contributed by atoms with Crippen LogP contribution in [0.5, 0.6) is 0 Å². The minimum atomic E-state index is -3.02. The second-order valence-corrected chi connectivity index (χ2v) is 7.65. The highest BCUT2D eigenvalue weighted by Gasteiger charge is 2.45. The van der Waals surface area contributed by atoms with E-state index in [1.807, 2.05) is 26.8 Å². The molecule has 0 spiro atoms. The molecule has 1 aromatic heterocycles. The van der Waals surface area contributed by atoms with Crippen LogP contribution in [0.1, 0.15) is 32.4 Å². The SMILES string of the molecule is CCC1(CC)CN(c2cc(C)ncn2)CCS1(=O)=O. The summed E-state index contributed by atoms with van der Waals surface area (Å²) >= 11 is 0. The molecule has 2 rings (SSSR count). The topological polar surface area (TPSA) is 63.2 Å². The highest BCUT2D eigenvalue weighted by atomic mass is 32.2. The van der Waals surface area contributed by atoms with Gasteiger partial charge in [-0.1, -0.05) is 13.8 Å². The van der Waals surface area contributed by atoms with Gasteiger partial charge in [0.25, 0.3) is 0 Å². The summed E-state index contributed by atoms with van der Waals surface area (Å²) in [4.78, 5) is 10.4. The van der Waals surface area contributed by atoms with Gasteiger partial charge in [0.1, 0.15) is 12.1 Å². The van der Waals surface area contributed by atoms with Gasteiger partial charge in [-0.3, -0.25) is 0 Å². The lowest BCUT2D eigenvalue weighted by Crippen LogP contribution is -2.56. The maximum Gasteiger partial charge on any atom is 0.159 e. The lowest BCUT2D eigenvalue weighted by atomic mass is 10.0. The van der Waals surface area contributed by atoms with Gasteiger partial charge in [-0.2, -0.15) is 0 Å². The standard InChI is InChI=1S/C13H21N3O2S/c1-4-13(5-2)9-16(6-7-19(13,17)18)12-8-11(3)14-10-15-12/h8,10H,4-7,9H2,1-3H3. The lowest BCUT2D eigenvalue weighted by molar-refractivity contribution is 0.457. The van der Waals surface area contributed by atoms with Crippen LogP contribution in [0.2, 0.25) is 0 Å². The Balaban J connectivity index is 2.33. The minimum Gasteiger partial charge on any atom is -0.354 e. The summed E-state index contributed by atoms with van der Waals surface area (Å²) in [6, 6.07) is 1.91. The summed E-state index contributed by atoms with van der Waals surface area (Å²) in [5.41, 5.74) is 0.900. The number of sulfone groups is 1. The first-order valence-electron chi connectivity index (χ1n) is 6.70. The molecule has 1 aromatic rings. The molecule has 0 amide bonds. The minimum absolute atomic E-state index is 0.206. The smallest absolute Gasteiger partial charge is 0.159 e. The van der Waals surface area contributed by atoms with E-state index >= 15 is 0 Å². The van der Waals surface area contributed by atoms with E-state index in [2.05, 4.69) is 14.9 Å². The zero-order valence-electron chi connectivity index (χ0n) is 11.8. The van der Waals surface area contributed by atoms with Crippen molar-refractivity contribution in [3.63, 3.8) is 0 Å². The van der Waals surface area contributed by atoms with Gasteiger partial charge in [0.2, 0.25) is 0 Å². The first-order chi connectivity index (χ1) is 8.94. The van der Waals surface area contributed by atoms with Crippen LogP contribution in [0.25, 0.3) is 0 Å². The van der Waals surface area contributed by atoms with E-state index in [1.54, 1.807) is 0 Å². The lowest BCUT2D eigenvalue weighted by Gasteiger charge is -2.41. The van der Waals surface area contributed by atoms with Gasteiger partial charge in [-0.05, 0) is 19.8 Å². The highest BCUT2D eigenvalue weighted by molar-refractivity contribution is 7.92. The van der Waals surface area contributed by atoms with Crippen LogP contribution >= 0.6 is 0 Å². The molecule has 1 aliphatic rings. The third-order valence-electron chi connectivity index (χ3n) is 4.17. The molecule has 6 heteroatoms.